The van der Waals surface area contributed by atoms with Gasteiger partial charge in [-0.1, -0.05) is 20.8 Å². The Morgan fingerprint density at radius 3 is 2.70 bits per heavy atom. The summed E-state index contributed by atoms with van der Waals surface area (Å²) in [7, 11) is 3.52. The highest BCUT2D eigenvalue weighted by molar-refractivity contribution is 5.95. The van der Waals surface area contributed by atoms with Gasteiger partial charge in [0.05, 0.1) is 24.8 Å². The van der Waals surface area contributed by atoms with E-state index in [2.05, 4.69) is 31.4 Å². The Morgan fingerprint density at radius 1 is 1.30 bits per heavy atom. The molecule has 1 aromatic rings. The molecule has 0 aromatic heterocycles. The van der Waals surface area contributed by atoms with E-state index in [0.29, 0.717) is 38.3 Å². The molecule has 27 heavy (non-hydrogen) atoms. The van der Waals surface area contributed by atoms with E-state index < -0.39 is 0 Å². The summed E-state index contributed by atoms with van der Waals surface area (Å²) in [6.45, 7) is 8.23. The first-order valence-electron chi connectivity index (χ1n) is 9.25. The average Bonchev–Trinajstić information content (AvgIpc) is 2.62. The summed E-state index contributed by atoms with van der Waals surface area (Å²) in [5, 5.41) is 5.78. The Labute approximate surface area is 161 Å². The van der Waals surface area contributed by atoms with Crippen molar-refractivity contribution in [2.45, 2.75) is 33.2 Å². The third-order valence-electron chi connectivity index (χ3n) is 4.41. The zero-order valence-electron chi connectivity index (χ0n) is 16.9. The van der Waals surface area contributed by atoms with Gasteiger partial charge in [-0.3, -0.25) is 9.59 Å². The number of hydrogen-bond acceptors (Lipinski definition) is 5. The zero-order valence-corrected chi connectivity index (χ0v) is 16.9. The lowest BCUT2D eigenvalue weighted by atomic mass is 9.97. The van der Waals surface area contributed by atoms with E-state index in [4.69, 9.17) is 9.47 Å². The molecule has 0 fully saturated rings. The number of methoxy groups -OCH3 is 1. The first-order chi connectivity index (χ1) is 12.7. The van der Waals surface area contributed by atoms with Crippen LogP contribution in [-0.2, 0) is 9.53 Å². The molecular formula is C20H31N3O4. The number of ether oxygens (including phenoxy) is 2. The van der Waals surface area contributed by atoms with E-state index in [9.17, 15) is 9.59 Å². The number of rotatable bonds is 7. The normalized spacial score (nSPS) is 16.3. The molecule has 0 radical (unpaired) electrons. The highest BCUT2D eigenvalue weighted by Gasteiger charge is 2.28. The molecule has 7 heteroatoms. The van der Waals surface area contributed by atoms with Gasteiger partial charge in [0, 0.05) is 32.8 Å². The van der Waals surface area contributed by atoms with Crippen LogP contribution in [0.25, 0.3) is 0 Å². The second kappa shape index (κ2) is 9.08. The molecule has 0 bridgehead atoms. The molecule has 0 saturated carbocycles. The number of benzene rings is 1. The van der Waals surface area contributed by atoms with E-state index in [1.54, 1.807) is 25.3 Å². The van der Waals surface area contributed by atoms with Crippen LogP contribution in [0.4, 0.5) is 5.69 Å². The standard InChI is InChI=1S/C20H31N3O4/c1-20(2,3)13-22-18(24)11-15-12-27-17-7-6-14(10-16(17)23(15)4)19(25)21-8-9-26-5/h6-7,10,15H,8-9,11-13H2,1-5H3,(H,21,25)(H,22,24)/t15-/m0/s1. The van der Waals surface area contributed by atoms with Crippen molar-refractivity contribution in [3.63, 3.8) is 0 Å². The quantitative estimate of drug-likeness (QED) is 0.709. The topological polar surface area (TPSA) is 79.9 Å². The maximum absolute atomic E-state index is 12.3. The summed E-state index contributed by atoms with van der Waals surface area (Å²) in [5.74, 6) is 0.563. The minimum absolute atomic E-state index is 0.00212. The van der Waals surface area contributed by atoms with Gasteiger partial charge in [0.15, 0.2) is 0 Å². The maximum atomic E-state index is 12.3. The van der Waals surface area contributed by atoms with Crippen LogP contribution in [0.15, 0.2) is 18.2 Å². The van der Waals surface area contributed by atoms with Crippen LogP contribution in [0, 0.1) is 5.41 Å². The van der Waals surface area contributed by atoms with Crippen molar-refractivity contribution in [1.82, 2.24) is 10.6 Å². The SMILES string of the molecule is COCCNC(=O)c1ccc2c(c1)N(C)[C@@H](CC(=O)NCC(C)(C)C)CO2. The lowest BCUT2D eigenvalue weighted by molar-refractivity contribution is -0.122. The first-order valence-corrected chi connectivity index (χ1v) is 9.25. The van der Waals surface area contributed by atoms with E-state index in [-0.39, 0.29) is 23.3 Å². The van der Waals surface area contributed by atoms with Gasteiger partial charge in [0.1, 0.15) is 12.4 Å². The Kier molecular flexibility index (Phi) is 7.07. The Hall–Kier alpha value is -2.28. The van der Waals surface area contributed by atoms with Crippen molar-refractivity contribution < 1.29 is 19.1 Å². The van der Waals surface area contributed by atoms with Gasteiger partial charge in [0.2, 0.25) is 5.91 Å². The molecule has 1 atom stereocenters. The lowest BCUT2D eigenvalue weighted by Gasteiger charge is -2.36. The van der Waals surface area contributed by atoms with Crippen LogP contribution in [0.1, 0.15) is 37.6 Å². The highest BCUT2D eigenvalue weighted by Crippen LogP contribution is 2.34. The van der Waals surface area contributed by atoms with E-state index in [0.717, 1.165) is 11.4 Å². The van der Waals surface area contributed by atoms with Crippen LogP contribution in [-0.4, -0.2) is 58.3 Å². The zero-order chi connectivity index (χ0) is 20.0. The van der Waals surface area contributed by atoms with Crippen LogP contribution in [0.5, 0.6) is 5.75 Å². The molecule has 150 valence electrons. The maximum Gasteiger partial charge on any atom is 0.251 e. The highest BCUT2D eigenvalue weighted by atomic mass is 16.5. The number of likely N-dealkylation sites (N-methyl/N-ethyl adjacent to an activating group) is 1. The molecule has 0 aliphatic carbocycles. The molecule has 1 aliphatic heterocycles. The number of anilines is 1. The smallest absolute Gasteiger partial charge is 0.251 e. The van der Waals surface area contributed by atoms with Gasteiger partial charge in [-0.25, -0.2) is 0 Å². The molecule has 0 spiro atoms. The van der Waals surface area contributed by atoms with Crippen LogP contribution in [0.2, 0.25) is 0 Å². The number of hydrogen-bond donors (Lipinski definition) is 2. The van der Waals surface area contributed by atoms with Crippen molar-refractivity contribution >= 4 is 17.5 Å². The Morgan fingerprint density at radius 2 is 2.04 bits per heavy atom. The van der Waals surface area contributed by atoms with E-state index in [1.807, 2.05) is 11.9 Å². The van der Waals surface area contributed by atoms with Crippen molar-refractivity contribution in [3.8, 4) is 5.75 Å². The second-order valence-electron chi connectivity index (χ2n) is 8.05. The molecular weight excluding hydrogens is 346 g/mol. The molecule has 0 unspecified atom stereocenters. The molecule has 1 aliphatic rings. The fourth-order valence-electron chi connectivity index (χ4n) is 2.77. The summed E-state index contributed by atoms with van der Waals surface area (Å²) >= 11 is 0. The van der Waals surface area contributed by atoms with Crippen LogP contribution >= 0.6 is 0 Å². The first kappa shape index (κ1) is 21.0. The molecule has 0 saturated heterocycles. The number of nitrogens with one attached hydrogen (secondary N) is 2. The van der Waals surface area contributed by atoms with Crippen LogP contribution < -0.4 is 20.3 Å². The van der Waals surface area contributed by atoms with Crippen molar-refractivity contribution in [2.75, 3.05) is 45.4 Å². The monoisotopic (exact) mass is 377 g/mol. The minimum atomic E-state index is -0.159. The van der Waals surface area contributed by atoms with Gasteiger partial charge in [-0.05, 0) is 23.6 Å². The van der Waals surface area contributed by atoms with Crippen molar-refractivity contribution in [2.24, 2.45) is 5.41 Å². The molecule has 2 amide bonds. The molecule has 2 N–H and O–H groups in total. The Bertz CT molecular complexity index is 670. The van der Waals surface area contributed by atoms with Gasteiger partial charge in [-0.15, -0.1) is 0 Å². The third kappa shape index (κ3) is 6.13. The predicted molar refractivity (Wildman–Crippen MR) is 105 cm³/mol. The molecule has 1 heterocycles. The average molecular weight is 377 g/mol. The third-order valence-corrected chi connectivity index (χ3v) is 4.41. The fraction of sp³-hybridized carbons (Fsp3) is 0.600. The van der Waals surface area contributed by atoms with Crippen LogP contribution in [0.3, 0.4) is 0 Å². The summed E-state index contributed by atoms with van der Waals surface area (Å²) < 4.78 is 10.8. The summed E-state index contributed by atoms with van der Waals surface area (Å²) in [6, 6.07) is 5.26. The van der Waals surface area contributed by atoms with Gasteiger partial charge >= 0.3 is 0 Å². The molecule has 2 rings (SSSR count). The fourth-order valence-corrected chi connectivity index (χ4v) is 2.77. The van der Waals surface area contributed by atoms with E-state index >= 15 is 0 Å². The van der Waals surface area contributed by atoms with Crippen molar-refractivity contribution in [3.05, 3.63) is 23.8 Å². The number of amides is 2. The van der Waals surface area contributed by atoms with Gasteiger partial charge in [0.25, 0.3) is 5.91 Å². The van der Waals surface area contributed by atoms with Crippen molar-refractivity contribution in [1.29, 1.82) is 0 Å². The summed E-state index contributed by atoms with van der Waals surface area (Å²) in [6.07, 6.45) is 0.344. The molecule has 1 aromatic carbocycles. The summed E-state index contributed by atoms with van der Waals surface area (Å²) in [5.41, 5.74) is 1.41. The summed E-state index contributed by atoms with van der Waals surface area (Å²) in [4.78, 5) is 26.5. The number of nitrogens with zero attached hydrogens (tertiary/aromatic N) is 1. The largest absolute Gasteiger partial charge is 0.489 e. The van der Waals surface area contributed by atoms with Gasteiger partial charge < -0.3 is 25.0 Å². The molecule has 7 nitrogen and oxygen atoms in total. The minimum Gasteiger partial charge on any atom is -0.489 e. The Balaban J connectivity index is 2.02. The second-order valence-corrected chi connectivity index (χ2v) is 8.05. The number of carbonyl (C=O) groups is 2. The van der Waals surface area contributed by atoms with Gasteiger partial charge in [-0.2, -0.15) is 0 Å². The predicted octanol–water partition coefficient (Wildman–Crippen LogP) is 1.81. The number of carbonyl (C=O) groups excluding carboxylic acids is 2. The number of fused-ring (bicyclic) bond motifs is 1. The van der Waals surface area contributed by atoms with E-state index in [1.165, 1.54) is 0 Å². The lowest BCUT2D eigenvalue weighted by Crippen LogP contribution is -2.44.